The van der Waals surface area contributed by atoms with Crippen molar-refractivity contribution in [3.8, 4) is 0 Å². The van der Waals surface area contributed by atoms with Crippen molar-refractivity contribution in [1.29, 1.82) is 0 Å². The lowest BCUT2D eigenvalue weighted by Crippen LogP contribution is -2.34. The number of ketones is 1. The van der Waals surface area contributed by atoms with Crippen molar-refractivity contribution in [2.45, 2.75) is 39.2 Å². The quantitative estimate of drug-likeness (QED) is 0.644. The Hall–Kier alpha value is -0.900. The first kappa shape index (κ1) is 12.1. The fraction of sp³-hybridized carbons (Fsp3) is 0.778. The summed E-state index contributed by atoms with van der Waals surface area (Å²) in [5.41, 5.74) is 5.53. The van der Waals surface area contributed by atoms with Crippen LogP contribution in [-0.4, -0.2) is 22.9 Å². The summed E-state index contributed by atoms with van der Waals surface area (Å²) in [5.74, 6) is -1.01. The van der Waals surface area contributed by atoms with Crippen molar-refractivity contribution < 1.29 is 14.7 Å². The van der Waals surface area contributed by atoms with Gasteiger partial charge in [0.05, 0.1) is 6.04 Å². The number of hydrogen-bond acceptors (Lipinski definition) is 3. The van der Waals surface area contributed by atoms with E-state index in [4.69, 9.17) is 10.8 Å². The van der Waals surface area contributed by atoms with Crippen LogP contribution in [0.3, 0.4) is 0 Å². The molecule has 0 fully saturated rings. The maximum atomic E-state index is 11.4. The number of carbonyl (C=O) groups excluding carboxylic acids is 1. The summed E-state index contributed by atoms with van der Waals surface area (Å²) in [5, 5.41) is 8.37. The van der Waals surface area contributed by atoms with Crippen molar-refractivity contribution >= 4 is 11.8 Å². The Morgan fingerprint density at radius 3 is 2.38 bits per heavy atom. The molecule has 0 aromatic heterocycles. The number of rotatable bonds is 6. The molecule has 0 heterocycles. The van der Waals surface area contributed by atoms with Gasteiger partial charge in [-0.3, -0.25) is 9.59 Å². The minimum atomic E-state index is -0.910. The first-order chi connectivity index (χ1) is 5.99. The molecule has 4 heteroatoms. The predicted octanol–water partition coefficient (Wildman–Crippen LogP) is 0.794. The molecule has 3 N–H and O–H groups in total. The Balaban J connectivity index is 3.89. The van der Waals surface area contributed by atoms with Gasteiger partial charge in [0.1, 0.15) is 0 Å². The number of Topliss-reactive ketones (excluding diaryl/α,β-unsaturated/α-hetero) is 1. The largest absolute Gasteiger partial charge is 0.481 e. The number of nitrogens with two attached hydrogens (primary N) is 1. The molecule has 0 aliphatic carbocycles. The summed E-state index contributed by atoms with van der Waals surface area (Å²) in [6.45, 7) is 3.72. The Bertz CT molecular complexity index is 191. The van der Waals surface area contributed by atoms with Crippen molar-refractivity contribution in [2.24, 2.45) is 11.7 Å². The summed E-state index contributed by atoms with van der Waals surface area (Å²) in [6.07, 6.45) is 0.946. The van der Waals surface area contributed by atoms with Gasteiger partial charge < -0.3 is 10.8 Å². The highest BCUT2D eigenvalue weighted by Gasteiger charge is 2.19. The molecular weight excluding hydrogens is 170 g/mol. The van der Waals surface area contributed by atoms with Gasteiger partial charge >= 0.3 is 5.97 Å². The predicted molar refractivity (Wildman–Crippen MR) is 49.3 cm³/mol. The van der Waals surface area contributed by atoms with Crippen molar-refractivity contribution in [1.82, 2.24) is 0 Å². The maximum absolute atomic E-state index is 11.4. The summed E-state index contributed by atoms with van der Waals surface area (Å²) >= 11 is 0. The highest BCUT2D eigenvalue weighted by Crippen LogP contribution is 2.07. The van der Waals surface area contributed by atoms with Crippen LogP contribution < -0.4 is 5.73 Å². The second kappa shape index (κ2) is 5.70. The highest BCUT2D eigenvalue weighted by atomic mass is 16.4. The van der Waals surface area contributed by atoms with Crippen LogP contribution >= 0.6 is 0 Å². The summed E-state index contributed by atoms with van der Waals surface area (Å²) < 4.78 is 0. The van der Waals surface area contributed by atoms with Crippen LogP contribution in [-0.2, 0) is 9.59 Å². The SMILES string of the molecule is CCC(C)C(=O)[C@@H](N)CCC(=O)O. The number of carboxylic acid groups (broad SMARTS) is 1. The lowest BCUT2D eigenvalue weighted by atomic mass is 9.95. The minimum Gasteiger partial charge on any atom is -0.481 e. The fourth-order valence-electron chi connectivity index (χ4n) is 0.988. The average molecular weight is 187 g/mol. The van der Waals surface area contributed by atoms with Crippen LogP contribution in [0.5, 0.6) is 0 Å². The second-order valence-corrected chi connectivity index (χ2v) is 3.25. The third kappa shape index (κ3) is 4.62. The fourth-order valence-corrected chi connectivity index (χ4v) is 0.988. The first-order valence-corrected chi connectivity index (χ1v) is 4.50. The van der Waals surface area contributed by atoms with E-state index >= 15 is 0 Å². The first-order valence-electron chi connectivity index (χ1n) is 4.50. The Labute approximate surface area is 78.1 Å². The van der Waals surface area contributed by atoms with E-state index in [1.54, 1.807) is 0 Å². The molecular formula is C9H17NO3. The van der Waals surface area contributed by atoms with Crippen LogP contribution in [0.15, 0.2) is 0 Å². The Kier molecular flexibility index (Phi) is 5.30. The van der Waals surface area contributed by atoms with Crippen LogP contribution in [0.4, 0.5) is 0 Å². The molecule has 0 rings (SSSR count). The molecule has 1 unspecified atom stereocenters. The van der Waals surface area contributed by atoms with Gasteiger partial charge in [-0.25, -0.2) is 0 Å². The molecule has 2 atom stereocenters. The standard InChI is InChI=1S/C9H17NO3/c1-3-6(2)9(13)7(10)4-5-8(11)12/h6-7H,3-5,10H2,1-2H3,(H,11,12)/t6?,7-/m0/s1. The second-order valence-electron chi connectivity index (χ2n) is 3.25. The van der Waals surface area contributed by atoms with Crippen molar-refractivity contribution in [3.05, 3.63) is 0 Å². The molecule has 0 saturated heterocycles. The number of carboxylic acids is 1. The molecule has 0 aromatic carbocycles. The van der Waals surface area contributed by atoms with Crippen molar-refractivity contribution in [2.75, 3.05) is 0 Å². The molecule has 13 heavy (non-hydrogen) atoms. The molecule has 0 radical (unpaired) electrons. The van der Waals surface area contributed by atoms with Crippen LogP contribution in [0.2, 0.25) is 0 Å². The molecule has 0 bridgehead atoms. The van der Waals surface area contributed by atoms with Gasteiger partial charge in [-0.2, -0.15) is 0 Å². The van der Waals surface area contributed by atoms with E-state index in [2.05, 4.69) is 0 Å². The van der Waals surface area contributed by atoms with Gasteiger partial charge in [0.15, 0.2) is 5.78 Å². The van der Waals surface area contributed by atoms with E-state index in [1.165, 1.54) is 0 Å². The lowest BCUT2D eigenvalue weighted by Gasteiger charge is -2.13. The van der Waals surface area contributed by atoms with Gasteiger partial charge in [-0.15, -0.1) is 0 Å². The molecule has 0 aliphatic rings. The Morgan fingerprint density at radius 2 is 2.00 bits per heavy atom. The third-order valence-electron chi connectivity index (χ3n) is 2.13. The highest BCUT2D eigenvalue weighted by molar-refractivity contribution is 5.86. The topological polar surface area (TPSA) is 80.4 Å². The number of aliphatic carboxylic acids is 1. The third-order valence-corrected chi connectivity index (χ3v) is 2.13. The minimum absolute atomic E-state index is 0.0382. The maximum Gasteiger partial charge on any atom is 0.303 e. The van der Waals surface area contributed by atoms with E-state index in [0.717, 1.165) is 6.42 Å². The van der Waals surface area contributed by atoms with E-state index < -0.39 is 12.0 Å². The zero-order valence-electron chi connectivity index (χ0n) is 8.12. The van der Waals surface area contributed by atoms with Gasteiger partial charge in [0, 0.05) is 12.3 Å². The van der Waals surface area contributed by atoms with E-state index in [0.29, 0.717) is 0 Å². The van der Waals surface area contributed by atoms with Gasteiger partial charge in [0.25, 0.3) is 0 Å². The molecule has 0 spiro atoms. The molecule has 0 aliphatic heterocycles. The van der Waals surface area contributed by atoms with Gasteiger partial charge in [0.2, 0.25) is 0 Å². The van der Waals surface area contributed by atoms with Crippen molar-refractivity contribution in [3.63, 3.8) is 0 Å². The van der Waals surface area contributed by atoms with Gasteiger partial charge in [-0.05, 0) is 12.8 Å². The summed E-state index contributed by atoms with van der Waals surface area (Å²) in [7, 11) is 0. The van der Waals surface area contributed by atoms with Gasteiger partial charge in [-0.1, -0.05) is 13.8 Å². The summed E-state index contributed by atoms with van der Waals surface area (Å²) in [6, 6.07) is -0.619. The van der Waals surface area contributed by atoms with Crippen LogP contribution in [0.25, 0.3) is 0 Å². The number of carbonyl (C=O) groups is 2. The average Bonchev–Trinajstić information content (AvgIpc) is 2.11. The zero-order chi connectivity index (χ0) is 10.4. The molecule has 0 amide bonds. The smallest absolute Gasteiger partial charge is 0.303 e. The monoisotopic (exact) mass is 187 g/mol. The summed E-state index contributed by atoms with van der Waals surface area (Å²) in [4.78, 5) is 21.6. The molecule has 0 saturated carbocycles. The molecule has 4 nitrogen and oxygen atoms in total. The zero-order valence-corrected chi connectivity index (χ0v) is 8.12. The molecule has 76 valence electrons. The van der Waals surface area contributed by atoms with Crippen LogP contribution in [0.1, 0.15) is 33.1 Å². The van der Waals surface area contributed by atoms with E-state index in [-0.39, 0.29) is 24.5 Å². The molecule has 0 aromatic rings. The normalized spacial score (nSPS) is 15.0. The van der Waals surface area contributed by atoms with E-state index in [9.17, 15) is 9.59 Å². The number of hydrogen-bond donors (Lipinski definition) is 2. The van der Waals surface area contributed by atoms with E-state index in [1.807, 2.05) is 13.8 Å². The van der Waals surface area contributed by atoms with Crippen LogP contribution in [0, 0.1) is 5.92 Å². The Morgan fingerprint density at radius 1 is 1.46 bits per heavy atom. The lowest BCUT2D eigenvalue weighted by molar-refractivity contribution is -0.137.